The summed E-state index contributed by atoms with van der Waals surface area (Å²) in [5.41, 5.74) is 3.00. The fourth-order valence-electron chi connectivity index (χ4n) is 4.48. The normalized spacial score (nSPS) is 14.4. The van der Waals surface area contributed by atoms with E-state index in [4.69, 9.17) is 14.6 Å². The second-order valence-corrected chi connectivity index (χ2v) is 9.04. The first-order chi connectivity index (χ1) is 17.6. The molecule has 4 rings (SSSR count). The number of carbonyl (C=O) groups excluding carboxylic acids is 1. The van der Waals surface area contributed by atoms with E-state index in [0.717, 1.165) is 11.4 Å². The van der Waals surface area contributed by atoms with Crippen molar-refractivity contribution >= 4 is 29.2 Å². The number of carboxylic acids is 2. The van der Waals surface area contributed by atoms with Gasteiger partial charge in [0.1, 0.15) is 24.2 Å². The molecule has 9 nitrogen and oxygen atoms in total. The zero-order chi connectivity index (χ0) is 26.7. The van der Waals surface area contributed by atoms with E-state index in [0.29, 0.717) is 41.2 Å². The molecule has 1 aliphatic heterocycles. The van der Waals surface area contributed by atoms with Crippen LogP contribution >= 0.6 is 0 Å². The van der Waals surface area contributed by atoms with Crippen LogP contribution in [-0.4, -0.2) is 54.4 Å². The lowest BCUT2D eigenvalue weighted by atomic mass is 10.0. The highest BCUT2D eigenvalue weighted by atomic mass is 16.5. The molecule has 1 amide bonds. The van der Waals surface area contributed by atoms with Crippen LogP contribution in [-0.2, 0) is 11.2 Å². The molecule has 1 atom stereocenters. The molecule has 0 saturated carbocycles. The quantitative estimate of drug-likeness (QED) is 0.418. The molecule has 0 bridgehead atoms. The summed E-state index contributed by atoms with van der Waals surface area (Å²) in [4.78, 5) is 38.0. The monoisotopic (exact) mass is 504 g/mol. The Morgan fingerprint density at radius 2 is 1.76 bits per heavy atom. The molecule has 0 aliphatic carbocycles. The molecular weight excluding hydrogens is 476 g/mol. The number of amides is 1. The van der Waals surface area contributed by atoms with Gasteiger partial charge in [-0.1, -0.05) is 18.2 Å². The predicted octanol–water partition coefficient (Wildman–Crippen LogP) is 4.16. The van der Waals surface area contributed by atoms with Gasteiger partial charge in [0.05, 0.1) is 29.9 Å². The number of carbonyl (C=O) groups is 3. The number of carboxylic acid groups (broad SMARTS) is 2. The molecule has 0 radical (unpaired) electrons. The summed E-state index contributed by atoms with van der Waals surface area (Å²) in [7, 11) is 2.00. The van der Waals surface area contributed by atoms with E-state index in [9.17, 15) is 19.5 Å². The summed E-state index contributed by atoms with van der Waals surface area (Å²) in [5, 5.41) is 21.2. The summed E-state index contributed by atoms with van der Waals surface area (Å²) >= 11 is 0. The lowest BCUT2D eigenvalue weighted by Crippen LogP contribution is -2.41. The number of nitrogens with zero attached hydrogens (tertiary/aromatic N) is 1. The van der Waals surface area contributed by atoms with E-state index in [1.165, 1.54) is 18.2 Å². The van der Waals surface area contributed by atoms with Gasteiger partial charge in [0, 0.05) is 12.6 Å². The number of anilines is 2. The van der Waals surface area contributed by atoms with Gasteiger partial charge in [-0.3, -0.25) is 9.59 Å². The molecule has 0 fully saturated rings. The maximum Gasteiger partial charge on any atom is 0.337 e. The van der Waals surface area contributed by atoms with Crippen LogP contribution in [0.2, 0.25) is 0 Å². The topological polar surface area (TPSA) is 125 Å². The third-order valence-corrected chi connectivity index (χ3v) is 6.13. The first-order valence-corrected chi connectivity index (χ1v) is 11.7. The van der Waals surface area contributed by atoms with E-state index in [2.05, 4.69) is 10.2 Å². The largest absolute Gasteiger partial charge is 0.490 e. The summed E-state index contributed by atoms with van der Waals surface area (Å²) in [6.07, 6.45) is -0.463. The maximum atomic E-state index is 13.1. The first kappa shape index (κ1) is 25.6. The Hall–Kier alpha value is -4.53. The Labute approximate surface area is 214 Å². The highest BCUT2D eigenvalue weighted by Crippen LogP contribution is 2.32. The third kappa shape index (κ3) is 5.83. The third-order valence-electron chi connectivity index (χ3n) is 6.13. The molecule has 1 heterocycles. The molecule has 37 heavy (non-hydrogen) atoms. The van der Waals surface area contributed by atoms with Gasteiger partial charge < -0.3 is 29.9 Å². The summed E-state index contributed by atoms with van der Waals surface area (Å²) in [6, 6.07) is 15.4. The fourth-order valence-corrected chi connectivity index (χ4v) is 4.48. The van der Waals surface area contributed by atoms with Crippen LogP contribution < -0.4 is 19.7 Å². The summed E-state index contributed by atoms with van der Waals surface area (Å²) in [6.45, 7) is 4.54. The summed E-state index contributed by atoms with van der Waals surface area (Å²) < 4.78 is 12.1. The maximum absolute atomic E-state index is 13.1. The van der Waals surface area contributed by atoms with Crippen molar-refractivity contribution < 1.29 is 34.1 Å². The van der Waals surface area contributed by atoms with Crippen molar-refractivity contribution in [3.05, 3.63) is 82.4 Å². The van der Waals surface area contributed by atoms with Crippen LogP contribution in [0.25, 0.3) is 0 Å². The Morgan fingerprint density at radius 1 is 1.05 bits per heavy atom. The molecule has 192 valence electrons. The number of likely N-dealkylation sites (N-methyl/N-ethyl adjacent to an activating group) is 1. The summed E-state index contributed by atoms with van der Waals surface area (Å²) in [5.74, 6) is -1.39. The standard InChI is InChI=1S/C28H28N2O7/c1-16-10-19(36-15-20-14-30(3)23-6-4-5-7-24(23)37-20)11-17(2)26(16)27(33)29-22-12-18(13-25(31)32)8-9-21(22)28(34)35/h4-12,20H,13-15H2,1-3H3,(H,29,33)(H,31,32)(H,34,35)/t20-/m0/s1. The van der Waals surface area contributed by atoms with Crippen molar-refractivity contribution in [3.8, 4) is 11.5 Å². The lowest BCUT2D eigenvalue weighted by Gasteiger charge is -2.33. The van der Waals surface area contributed by atoms with Crippen LogP contribution in [0.15, 0.2) is 54.6 Å². The van der Waals surface area contributed by atoms with Crippen LogP contribution in [0.1, 0.15) is 37.4 Å². The molecule has 0 spiro atoms. The van der Waals surface area contributed by atoms with Crippen molar-refractivity contribution in [1.29, 1.82) is 0 Å². The molecule has 3 aromatic carbocycles. The second-order valence-electron chi connectivity index (χ2n) is 9.04. The van der Waals surface area contributed by atoms with E-state index in [1.807, 2.05) is 31.3 Å². The number of fused-ring (bicyclic) bond motifs is 1. The number of ether oxygens (including phenoxy) is 2. The molecule has 3 N–H and O–H groups in total. The Bertz CT molecular complexity index is 1350. The van der Waals surface area contributed by atoms with Crippen molar-refractivity contribution in [2.45, 2.75) is 26.4 Å². The van der Waals surface area contributed by atoms with Gasteiger partial charge >= 0.3 is 11.9 Å². The van der Waals surface area contributed by atoms with Crippen molar-refractivity contribution in [3.63, 3.8) is 0 Å². The number of nitrogens with one attached hydrogen (secondary N) is 1. The number of aliphatic carboxylic acids is 1. The minimum Gasteiger partial charge on any atom is -0.490 e. The molecule has 0 unspecified atom stereocenters. The molecular formula is C28H28N2O7. The van der Waals surface area contributed by atoms with E-state index in [1.54, 1.807) is 26.0 Å². The number of hydrogen-bond acceptors (Lipinski definition) is 6. The number of para-hydroxylation sites is 2. The zero-order valence-corrected chi connectivity index (χ0v) is 20.8. The van der Waals surface area contributed by atoms with Gasteiger partial charge in [0.15, 0.2) is 0 Å². The van der Waals surface area contributed by atoms with Crippen LogP contribution in [0.3, 0.4) is 0 Å². The lowest BCUT2D eigenvalue weighted by molar-refractivity contribution is -0.136. The highest BCUT2D eigenvalue weighted by Gasteiger charge is 2.24. The van der Waals surface area contributed by atoms with Crippen LogP contribution in [0.4, 0.5) is 11.4 Å². The van der Waals surface area contributed by atoms with Crippen LogP contribution in [0, 0.1) is 13.8 Å². The SMILES string of the molecule is Cc1cc(OC[C@@H]2CN(C)c3ccccc3O2)cc(C)c1C(=O)Nc1cc(CC(=O)O)ccc1C(=O)O. The van der Waals surface area contributed by atoms with Crippen molar-refractivity contribution in [1.82, 2.24) is 0 Å². The van der Waals surface area contributed by atoms with Gasteiger partial charge in [-0.15, -0.1) is 0 Å². The number of aromatic carboxylic acids is 1. The number of hydrogen-bond donors (Lipinski definition) is 3. The van der Waals surface area contributed by atoms with Gasteiger partial charge in [-0.25, -0.2) is 4.79 Å². The fraction of sp³-hybridized carbons (Fsp3) is 0.250. The Balaban J connectivity index is 1.48. The smallest absolute Gasteiger partial charge is 0.337 e. The molecule has 1 aliphatic rings. The molecule has 0 aromatic heterocycles. The number of benzene rings is 3. The van der Waals surface area contributed by atoms with Crippen LogP contribution in [0.5, 0.6) is 11.5 Å². The number of rotatable bonds is 8. The average molecular weight is 505 g/mol. The Morgan fingerprint density at radius 3 is 2.43 bits per heavy atom. The zero-order valence-electron chi connectivity index (χ0n) is 20.8. The minimum atomic E-state index is -1.23. The predicted molar refractivity (Wildman–Crippen MR) is 138 cm³/mol. The van der Waals surface area contributed by atoms with Crippen molar-refractivity contribution in [2.75, 3.05) is 30.4 Å². The number of aryl methyl sites for hydroxylation is 2. The first-order valence-electron chi connectivity index (χ1n) is 11.7. The minimum absolute atomic E-state index is 0.0363. The van der Waals surface area contributed by atoms with Gasteiger partial charge in [0.2, 0.25) is 0 Å². The Kier molecular flexibility index (Phi) is 7.33. The van der Waals surface area contributed by atoms with E-state index < -0.39 is 17.8 Å². The van der Waals surface area contributed by atoms with Gasteiger partial charge in [-0.2, -0.15) is 0 Å². The molecule has 3 aromatic rings. The van der Waals surface area contributed by atoms with Gasteiger partial charge in [-0.05, 0) is 66.9 Å². The average Bonchev–Trinajstić information content (AvgIpc) is 2.82. The van der Waals surface area contributed by atoms with Crippen molar-refractivity contribution in [2.24, 2.45) is 0 Å². The van der Waals surface area contributed by atoms with E-state index >= 15 is 0 Å². The highest BCUT2D eigenvalue weighted by molar-refractivity contribution is 6.09. The van der Waals surface area contributed by atoms with E-state index in [-0.39, 0.29) is 23.8 Å². The second kappa shape index (κ2) is 10.6. The molecule has 0 saturated heterocycles. The molecule has 9 heteroatoms. The van der Waals surface area contributed by atoms with Gasteiger partial charge in [0.25, 0.3) is 5.91 Å².